The molecule has 8 nitrogen and oxygen atoms in total. The molecular formula is C29H32N6O2. The fourth-order valence-corrected chi connectivity index (χ4v) is 5.70. The third-order valence-corrected chi connectivity index (χ3v) is 7.81. The van der Waals surface area contributed by atoms with Gasteiger partial charge < -0.3 is 19.2 Å². The van der Waals surface area contributed by atoms with Gasteiger partial charge in [-0.2, -0.15) is 0 Å². The van der Waals surface area contributed by atoms with Crippen LogP contribution in [0, 0.1) is 23.2 Å². The molecule has 4 heterocycles. The summed E-state index contributed by atoms with van der Waals surface area (Å²) in [6, 6.07) is 10.1. The molecule has 0 radical (unpaired) electrons. The van der Waals surface area contributed by atoms with Gasteiger partial charge in [-0.05, 0) is 75.4 Å². The Labute approximate surface area is 216 Å². The van der Waals surface area contributed by atoms with Gasteiger partial charge in [0.2, 0.25) is 0 Å². The first-order valence-electron chi connectivity index (χ1n) is 13.0. The van der Waals surface area contributed by atoms with Crippen molar-refractivity contribution >= 4 is 0 Å². The van der Waals surface area contributed by atoms with E-state index in [2.05, 4.69) is 36.8 Å². The highest BCUT2D eigenvalue weighted by Gasteiger charge is 2.45. The first-order valence-corrected chi connectivity index (χ1v) is 13.0. The summed E-state index contributed by atoms with van der Waals surface area (Å²) < 4.78 is 7.45. The van der Waals surface area contributed by atoms with Crippen molar-refractivity contribution in [1.29, 1.82) is 0 Å². The summed E-state index contributed by atoms with van der Waals surface area (Å²) >= 11 is 0. The third-order valence-electron chi connectivity index (χ3n) is 7.81. The standard InChI is InChI=1S/C29H32N6O2/c1-21(36)28-32-12-15-35(28)19-25-16-26(37-33-25)24-6-4-22(5-7-24)2-3-23-17-29(18-23)8-13-34(14-9-29)20-27-30-10-11-31-27/h4-7,10-12,15-16,21,23,36H,8-9,13-14,17-20H2,1H3,(H,30,31)/t21-/m0/s1. The molecule has 3 aromatic heterocycles. The molecule has 190 valence electrons. The topological polar surface area (TPSA) is 96.0 Å². The number of aliphatic hydroxyl groups excluding tert-OH is 1. The Hall–Kier alpha value is -3.67. The number of piperidine rings is 1. The molecule has 0 amide bonds. The Morgan fingerprint density at radius 3 is 2.68 bits per heavy atom. The minimum absolute atomic E-state index is 0.498. The van der Waals surface area contributed by atoms with Crippen molar-refractivity contribution in [3.05, 3.63) is 78.0 Å². The van der Waals surface area contributed by atoms with Crippen LogP contribution in [0.5, 0.6) is 0 Å². The average molecular weight is 497 g/mol. The van der Waals surface area contributed by atoms with Gasteiger partial charge in [-0.25, -0.2) is 9.97 Å². The number of benzene rings is 1. The molecule has 1 saturated heterocycles. The van der Waals surface area contributed by atoms with Gasteiger partial charge in [-0.3, -0.25) is 4.90 Å². The van der Waals surface area contributed by atoms with E-state index in [4.69, 9.17) is 4.52 Å². The molecule has 2 aliphatic rings. The number of H-pyrrole nitrogens is 1. The fourth-order valence-electron chi connectivity index (χ4n) is 5.70. The van der Waals surface area contributed by atoms with Crippen LogP contribution in [0.25, 0.3) is 11.3 Å². The predicted octanol–water partition coefficient (Wildman–Crippen LogP) is 4.41. The lowest BCUT2D eigenvalue weighted by Crippen LogP contribution is -2.46. The zero-order chi connectivity index (χ0) is 25.2. The molecule has 4 aromatic rings. The van der Waals surface area contributed by atoms with Gasteiger partial charge in [0, 0.05) is 47.9 Å². The molecule has 1 spiro atoms. The quantitative estimate of drug-likeness (QED) is 0.384. The zero-order valence-electron chi connectivity index (χ0n) is 21.1. The number of imidazole rings is 2. The number of hydrogen-bond acceptors (Lipinski definition) is 6. The molecule has 1 aliphatic heterocycles. The van der Waals surface area contributed by atoms with E-state index in [0.717, 1.165) is 42.3 Å². The summed E-state index contributed by atoms with van der Waals surface area (Å²) in [6.45, 7) is 5.42. The van der Waals surface area contributed by atoms with Crippen molar-refractivity contribution in [2.75, 3.05) is 13.1 Å². The highest BCUT2D eigenvalue weighted by Crippen LogP contribution is 2.52. The second-order valence-corrected chi connectivity index (χ2v) is 10.5. The second-order valence-electron chi connectivity index (χ2n) is 10.5. The van der Waals surface area contributed by atoms with E-state index in [1.165, 1.54) is 25.7 Å². The SMILES string of the molecule is C[C@H](O)c1nccn1Cc1cc(-c2ccc(C#CC3CC4(CCN(Cc5ncc[nH]5)CC4)C3)cc2)on1. The lowest BCUT2D eigenvalue weighted by molar-refractivity contribution is 0.00475. The number of aromatic nitrogens is 5. The number of aromatic amines is 1. The van der Waals surface area contributed by atoms with E-state index in [-0.39, 0.29) is 0 Å². The van der Waals surface area contributed by atoms with Gasteiger partial charge in [0.15, 0.2) is 5.76 Å². The monoisotopic (exact) mass is 496 g/mol. The number of rotatable bonds is 6. The second kappa shape index (κ2) is 10.0. The van der Waals surface area contributed by atoms with E-state index >= 15 is 0 Å². The van der Waals surface area contributed by atoms with Crippen LogP contribution in [0.1, 0.15) is 61.6 Å². The maximum absolute atomic E-state index is 9.85. The molecular weight excluding hydrogens is 464 g/mol. The molecule has 0 unspecified atom stereocenters. The largest absolute Gasteiger partial charge is 0.385 e. The Bertz CT molecular complexity index is 1370. The van der Waals surface area contributed by atoms with Gasteiger partial charge in [0.25, 0.3) is 0 Å². The minimum Gasteiger partial charge on any atom is -0.385 e. The van der Waals surface area contributed by atoms with Crippen molar-refractivity contribution in [1.82, 2.24) is 29.6 Å². The highest BCUT2D eigenvalue weighted by molar-refractivity contribution is 5.59. The Morgan fingerprint density at radius 2 is 1.95 bits per heavy atom. The van der Waals surface area contributed by atoms with Crippen LogP contribution < -0.4 is 0 Å². The number of nitrogens with one attached hydrogen (secondary N) is 1. The van der Waals surface area contributed by atoms with E-state index in [9.17, 15) is 5.11 Å². The van der Waals surface area contributed by atoms with Crippen LogP contribution >= 0.6 is 0 Å². The van der Waals surface area contributed by atoms with Crippen LogP contribution in [0.2, 0.25) is 0 Å². The molecule has 37 heavy (non-hydrogen) atoms. The summed E-state index contributed by atoms with van der Waals surface area (Å²) in [5, 5.41) is 14.0. The van der Waals surface area contributed by atoms with Gasteiger partial charge in [-0.15, -0.1) is 0 Å². The van der Waals surface area contributed by atoms with Gasteiger partial charge in [0.1, 0.15) is 23.4 Å². The molecule has 0 bridgehead atoms. The fraction of sp³-hybridized carbons (Fsp3) is 0.414. The van der Waals surface area contributed by atoms with Gasteiger partial charge in [0.05, 0.1) is 13.1 Å². The third kappa shape index (κ3) is 5.24. The van der Waals surface area contributed by atoms with E-state index in [0.29, 0.717) is 29.5 Å². The van der Waals surface area contributed by atoms with E-state index in [1.54, 1.807) is 13.1 Å². The maximum Gasteiger partial charge on any atom is 0.167 e. The van der Waals surface area contributed by atoms with Crippen molar-refractivity contribution in [2.45, 2.75) is 51.8 Å². The number of likely N-dealkylation sites (tertiary alicyclic amines) is 1. The first-order chi connectivity index (χ1) is 18.1. The first kappa shape index (κ1) is 23.7. The Kier molecular flexibility index (Phi) is 6.41. The number of aliphatic hydroxyl groups is 1. The Balaban J connectivity index is 1.01. The van der Waals surface area contributed by atoms with Crippen LogP contribution in [0.15, 0.2) is 59.6 Å². The highest BCUT2D eigenvalue weighted by atomic mass is 16.5. The van der Waals surface area contributed by atoms with E-state index in [1.807, 2.05) is 53.5 Å². The predicted molar refractivity (Wildman–Crippen MR) is 139 cm³/mol. The molecule has 1 atom stereocenters. The lowest BCUT2D eigenvalue weighted by Gasteiger charge is -2.50. The van der Waals surface area contributed by atoms with Gasteiger partial charge in [-0.1, -0.05) is 17.0 Å². The Morgan fingerprint density at radius 1 is 1.14 bits per heavy atom. The smallest absolute Gasteiger partial charge is 0.167 e. The zero-order valence-corrected chi connectivity index (χ0v) is 21.1. The van der Waals surface area contributed by atoms with Crippen LogP contribution in [0.3, 0.4) is 0 Å². The molecule has 8 heteroatoms. The molecule has 1 aliphatic carbocycles. The molecule has 1 aromatic carbocycles. The van der Waals surface area contributed by atoms with Crippen LogP contribution in [0.4, 0.5) is 0 Å². The number of nitrogens with zero attached hydrogens (tertiary/aromatic N) is 5. The summed E-state index contributed by atoms with van der Waals surface area (Å²) in [4.78, 5) is 14.3. The van der Waals surface area contributed by atoms with E-state index < -0.39 is 6.10 Å². The summed E-state index contributed by atoms with van der Waals surface area (Å²) in [5.74, 6) is 9.79. The maximum atomic E-state index is 9.85. The normalized spacial score (nSPS) is 18.3. The number of hydrogen-bond donors (Lipinski definition) is 2. The van der Waals surface area contributed by atoms with Crippen molar-refractivity contribution in [3.8, 4) is 23.2 Å². The molecule has 2 fully saturated rings. The van der Waals surface area contributed by atoms with Crippen molar-refractivity contribution in [2.24, 2.45) is 11.3 Å². The summed E-state index contributed by atoms with van der Waals surface area (Å²) in [5.41, 5.74) is 3.27. The van der Waals surface area contributed by atoms with Crippen molar-refractivity contribution < 1.29 is 9.63 Å². The van der Waals surface area contributed by atoms with Gasteiger partial charge >= 0.3 is 0 Å². The molecule has 2 N–H and O–H groups in total. The van der Waals surface area contributed by atoms with Crippen LogP contribution in [-0.4, -0.2) is 47.8 Å². The van der Waals surface area contributed by atoms with Crippen molar-refractivity contribution in [3.63, 3.8) is 0 Å². The summed E-state index contributed by atoms with van der Waals surface area (Å²) in [7, 11) is 0. The summed E-state index contributed by atoms with van der Waals surface area (Å²) in [6.07, 6.45) is 11.6. The lowest BCUT2D eigenvalue weighted by atomic mass is 9.58. The molecule has 1 saturated carbocycles. The average Bonchev–Trinajstić information content (AvgIpc) is 3.66. The molecule has 6 rings (SSSR count). The minimum atomic E-state index is -0.633. The van der Waals surface area contributed by atoms with Crippen LogP contribution in [-0.2, 0) is 13.1 Å².